The van der Waals surface area contributed by atoms with Crippen LogP contribution in [0.5, 0.6) is 5.75 Å². The minimum absolute atomic E-state index is 0.0685. The van der Waals surface area contributed by atoms with E-state index in [-0.39, 0.29) is 17.0 Å². The normalized spacial score (nSPS) is 10.5. The minimum atomic E-state index is -2.94. The molecule has 3 nitrogen and oxygen atoms in total. The summed E-state index contributed by atoms with van der Waals surface area (Å²) in [6.07, 6.45) is 0. The van der Waals surface area contributed by atoms with E-state index >= 15 is 0 Å². The van der Waals surface area contributed by atoms with E-state index in [1.807, 2.05) is 0 Å². The lowest BCUT2D eigenvalue weighted by Crippen LogP contribution is -2.13. The third-order valence-electron chi connectivity index (χ3n) is 2.49. The Labute approximate surface area is 126 Å². The molecule has 0 aliphatic heterocycles. The molecule has 2 aromatic carbocycles. The second kappa shape index (κ2) is 6.62. The Kier molecular flexibility index (Phi) is 4.85. The Morgan fingerprint density at radius 1 is 1.19 bits per heavy atom. The summed E-state index contributed by atoms with van der Waals surface area (Å²) in [5.74, 6) is -1.05. The molecule has 0 aromatic heterocycles. The zero-order valence-electron chi connectivity index (χ0n) is 10.4. The van der Waals surface area contributed by atoms with Gasteiger partial charge >= 0.3 is 6.61 Å². The Morgan fingerprint density at radius 2 is 1.95 bits per heavy atom. The zero-order chi connectivity index (χ0) is 15.4. The van der Waals surface area contributed by atoms with Gasteiger partial charge in [0.05, 0.1) is 5.56 Å². The van der Waals surface area contributed by atoms with Gasteiger partial charge in [-0.15, -0.1) is 0 Å². The van der Waals surface area contributed by atoms with Crippen LogP contribution in [-0.2, 0) is 0 Å². The Bertz CT molecular complexity index is 664. The number of rotatable bonds is 4. The van der Waals surface area contributed by atoms with Crippen molar-refractivity contribution in [3.63, 3.8) is 0 Å². The van der Waals surface area contributed by atoms with Crippen LogP contribution in [0.3, 0.4) is 0 Å². The average Bonchev–Trinajstić information content (AvgIpc) is 2.37. The van der Waals surface area contributed by atoms with Crippen molar-refractivity contribution in [2.45, 2.75) is 6.61 Å². The fourth-order valence-corrected chi connectivity index (χ4v) is 2.15. The van der Waals surface area contributed by atoms with Crippen molar-refractivity contribution in [1.82, 2.24) is 0 Å². The smallest absolute Gasteiger partial charge is 0.387 e. The largest absolute Gasteiger partial charge is 0.435 e. The Hall–Kier alpha value is -2.02. The highest BCUT2D eigenvalue weighted by Crippen LogP contribution is 2.22. The van der Waals surface area contributed by atoms with Crippen LogP contribution in [0, 0.1) is 5.82 Å². The summed E-state index contributed by atoms with van der Waals surface area (Å²) in [4.78, 5) is 12.0. The van der Waals surface area contributed by atoms with E-state index in [1.165, 1.54) is 30.3 Å². The first kappa shape index (κ1) is 15.4. The lowest BCUT2D eigenvalue weighted by molar-refractivity contribution is -0.0497. The molecule has 0 aliphatic carbocycles. The number of alkyl halides is 2. The maximum Gasteiger partial charge on any atom is 0.387 e. The van der Waals surface area contributed by atoms with Gasteiger partial charge in [0.2, 0.25) is 0 Å². The molecule has 2 rings (SSSR count). The lowest BCUT2D eigenvalue weighted by Gasteiger charge is -2.09. The summed E-state index contributed by atoms with van der Waals surface area (Å²) in [7, 11) is 0. The molecule has 21 heavy (non-hydrogen) atoms. The van der Waals surface area contributed by atoms with Crippen molar-refractivity contribution in [1.29, 1.82) is 0 Å². The molecular formula is C14H9BrF3NO2. The number of halogens is 4. The molecule has 2 aromatic rings. The van der Waals surface area contributed by atoms with Crippen LogP contribution in [0.4, 0.5) is 18.9 Å². The number of ether oxygens (including phenoxy) is 1. The molecule has 7 heteroatoms. The van der Waals surface area contributed by atoms with E-state index in [4.69, 9.17) is 0 Å². The highest BCUT2D eigenvalue weighted by atomic mass is 79.9. The van der Waals surface area contributed by atoms with Gasteiger partial charge < -0.3 is 10.1 Å². The van der Waals surface area contributed by atoms with Gasteiger partial charge in [-0.2, -0.15) is 8.78 Å². The van der Waals surface area contributed by atoms with Crippen LogP contribution in [0.2, 0.25) is 0 Å². The third kappa shape index (κ3) is 4.22. The minimum Gasteiger partial charge on any atom is -0.435 e. The number of nitrogens with one attached hydrogen (secondary N) is 1. The van der Waals surface area contributed by atoms with Crippen molar-refractivity contribution in [3.8, 4) is 5.75 Å². The van der Waals surface area contributed by atoms with Crippen LogP contribution in [0.15, 0.2) is 46.9 Å². The first-order chi connectivity index (χ1) is 9.95. The molecule has 0 atom stereocenters. The second-order valence-corrected chi connectivity index (χ2v) is 4.84. The van der Waals surface area contributed by atoms with Crippen molar-refractivity contribution in [2.24, 2.45) is 0 Å². The number of anilines is 1. The first-order valence-electron chi connectivity index (χ1n) is 5.77. The molecule has 0 unspecified atom stereocenters. The van der Waals surface area contributed by atoms with Gasteiger partial charge in [0.15, 0.2) is 0 Å². The fraction of sp³-hybridized carbons (Fsp3) is 0.0714. The van der Waals surface area contributed by atoms with Crippen LogP contribution < -0.4 is 10.1 Å². The van der Waals surface area contributed by atoms with Gasteiger partial charge in [-0.25, -0.2) is 4.39 Å². The van der Waals surface area contributed by atoms with Gasteiger partial charge in [-0.1, -0.05) is 6.07 Å². The Morgan fingerprint density at radius 3 is 2.62 bits per heavy atom. The maximum absolute atomic E-state index is 13.0. The Balaban J connectivity index is 2.15. The molecule has 0 saturated heterocycles. The average molecular weight is 360 g/mol. The van der Waals surface area contributed by atoms with Crippen molar-refractivity contribution in [3.05, 3.63) is 58.3 Å². The molecule has 0 saturated carbocycles. The quantitative estimate of drug-likeness (QED) is 0.876. The third-order valence-corrected chi connectivity index (χ3v) is 3.15. The molecule has 1 N–H and O–H groups in total. The standard InChI is InChI=1S/C14H9BrF3NO2/c15-12-6-8(16)4-5-11(12)13(20)19-9-2-1-3-10(7-9)21-14(17)18/h1-7,14H,(H,19,20). The van der Waals surface area contributed by atoms with Crippen molar-refractivity contribution >= 4 is 27.5 Å². The van der Waals surface area contributed by atoms with E-state index < -0.39 is 18.3 Å². The molecule has 0 aliphatic rings. The monoisotopic (exact) mass is 359 g/mol. The first-order valence-corrected chi connectivity index (χ1v) is 6.56. The van der Waals surface area contributed by atoms with E-state index in [1.54, 1.807) is 0 Å². The van der Waals surface area contributed by atoms with E-state index in [2.05, 4.69) is 26.0 Å². The van der Waals surface area contributed by atoms with Crippen molar-refractivity contribution in [2.75, 3.05) is 5.32 Å². The molecule has 0 spiro atoms. The number of amides is 1. The summed E-state index contributed by atoms with van der Waals surface area (Å²) in [5, 5.41) is 2.52. The van der Waals surface area contributed by atoms with Crippen LogP contribution in [0.1, 0.15) is 10.4 Å². The molecule has 1 amide bonds. The summed E-state index contributed by atoms with van der Waals surface area (Å²) < 4.78 is 41.7. The second-order valence-electron chi connectivity index (χ2n) is 3.98. The summed E-state index contributed by atoms with van der Waals surface area (Å²) in [6.45, 7) is -2.94. The molecule has 0 bridgehead atoms. The van der Waals surface area contributed by atoms with Gasteiger partial charge in [0, 0.05) is 16.2 Å². The number of benzene rings is 2. The summed E-state index contributed by atoms with van der Waals surface area (Å²) >= 11 is 3.08. The lowest BCUT2D eigenvalue weighted by atomic mass is 10.2. The van der Waals surface area contributed by atoms with Gasteiger partial charge in [-0.3, -0.25) is 4.79 Å². The number of carbonyl (C=O) groups excluding carboxylic acids is 1. The fourth-order valence-electron chi connectivity index (χ4n) is 1.62. The van der Waals surface area contributed by atoms with Gasteiger partial charge in [0.25, 0.3) is 5.91 Å². The van der Waals surface area contributed by atoms with Crippen LogP contribution in [0.25, 0.3) is 0 Å². The predicted octanol–water partition coefficient (Wildman–Crippen LogP) is 4.44. The molecule has 0 fully saturated rings. The number of hydrogen-bond acceptors (Lipinski definition) is 2. The molecule has 0 heterocycles. The maximum atomic E-state index is 13.0. The van der Waals surface area contributed by atoms with Gasteiger partial charge in [-0.05, 0) is 46.3 Å². The highest BCUT2D eigenvalue weighted by Gasteiger charge is 2.12. The molecular weight excluding hydrogens is 351 g/mol. The SMILES string of the molecule is O=C(Nc1cccc(OC(F)F)c1)c1ccc(F)cc1Br. The van der Waals surface area contributed by atoms with Gasteiger partial charge in [0.1, 0.15) is 11.6 Å². The van der Waals surface area contributed by atoms with Crippen LogP contribution >= 0.6 is 15.9 Å². The summed E-state index contributed by atoms with van der Waals surface area (Å²) in [5.41, 5.74) is 0.506. The molecule has 110 valence electrons. The topological polar surface area (TPSA) is 38.3 Å². The van der Waals surface area contributed by atoms with E-state index in [0.717, 1.165) is 12.1 Å². The zero-order valence-corrected chi connectivity index (χ0v) is 12.0. The summed E-state index contributed by atoms with van der Waals surface area (Å²) in [6, 6.07) is 9.22. The van der Waals surface area contributed by atoms with E-state index in [9.17, 15) is 18.0 Å². The van der Waals surface area contributed by atoms with Crippen molar-refractivity contribution < 1.29 is 22.7 Å². The molecule has 0 radical (unpaired) electrons. The predicted molar refractivity (Wildman–Crippen MR) is 75.1 cm³/mol. The number of hydrogen-bond donors (Lipinski definition) is 1. The highest BCUT2D eigenvalue weighted by molar-refractivity contribution is 9.10. The van der Waals surface area contributed by atoms with Crippen LogP contribution in [-0.4, -0.2) is 12.5 Å². The van der Waals surface area contributed by atoms with E-state index in [0.29, 0.717) is 4.47 Å². The number of carbonyl (C=O) groups is 1.